The van der Waals surface area contributed by atoms with E-state index in [1.807, 2.05) is 6.92 Å². The maximum atomic E-state index is 9.15. The molecule has 0 aromatic heterocycles. The van der Waals surface area contributed by atoms with Crippen LogP contribution in [0.1, 0.15) is 13.3 Å². The Bertz CT molecular complexity index is 32.0. The van der Waals surface area contributed by atoms with Crippen molar-refractivity contribution in [3.8, 4) is 0 Å². The van der Waals surface area contributed by atoms with E-state index in [0.29, 0.717) is 6.54 Å². The van der Waals surface area contributed by atoms with Gasteiger partial charge in [-0.1, -0.05) is 12.1 Å². The normalized spacial score (nSPS) is 6.17. The second kappa shape index (κ2) is 8.86. The van der Waals surface area contributed by atoms with Gasteiger partial charge in [-0.15, -0.1) is 12.4 Å². The van der Waals surface area contributed by atoms with E-state index in [2.05, 4.69) is 5.18 Å². The fourth-order valence-electron chi connectivity index (χ4n) is 0.0913. The zero-order valence-electron chi connectivity index (χ0n) is 3.68. The fraction of sp³-hybridized carbons (Fsp3) is 1.00. The molecule has 0 amide bonds. The molecule has 0 bridgehead atoms. The van der Waals surface area contributed by atoms with Crippen LogP contribution in [0.25, 0.3) is 0 Å². The van der Waals surface area contributed by atoms with E-state index in [1.165, 1.54) is 0 Å². The van der Waals surface area contributed by atoms with Crippen molar-refractivity contribution in [2.45, 2.75) is 13.3 Å². The van der Waals surface area contributed by atoms with Gasteiger partial charge in [0.05, 0.1) is 6.54 Å². The minimum absolute atomic E-state index is 0. The van der Waals surface area contributed by atoms with E-state index in [4.69, 9.17) is 4.91 Å². The molecule has 0 radical (unpaired) electrons. The molecule has 0 saturated carbocycles. The van der Waals surface area contributed by atoms with Crippen molar-refractivity contribution in [2.75, 3.05) is 6.54 Å². The van der Waals surface area contributed by atoms with Crippen LogP contribution in [0.4, 0.5) is 0 Å². The van der Waals surface area contributed by atoms with Gasteiger partial charge in [-0.3, -0.25) is 0 Å². The molecule has 0 atom stereocenters. The van der Waals surface area contributed by atoms with Crippen LogP contribution in [0.15, 0.2) is 5.18 Å². The van der Waals surface area contributed by atoms with Crippen molar-refractivity contribution in [1.29, 1.82) is 0 Å². The summed E-state index contributed by atoms with van der Waals surface area (Å²) in [6.45, 7) is 2.38. The van der Waals surface area contributed by atoms with Gasteiger partial charge in [0, 0.05) is 0 Å². The number of nitroso groups, excluding NO2 is 1. The van der Waals surface area contributed by atoms with E-state index in [9.17, 15) is 0 Å². The number of hydrogen-bond acceptors (Lipinski definition) is 2. The smallest absolute Gasteiger partial charge is 0.0808 e. The molecule has 3 heteroatoms. The predicted molar refractivity (Wildman–Crippen MR) is 28.2 cm³/mol. The number of rotatable bonds is 2. The third kappa shape index (κ3) is 9.10. The fourth-order valence-corrected chi connectivity index (χ4v) is 0.0913. The second-order valence-corrected chi connectivity index (χ2v) is 0.853. The summed E-state index contributed by atoms with van der Waals surface area (Å²) in [5, 5.41) is 2.60. The standard InChI is InChI=1S/C3H7NO.ClH/c1-2-3-4-5;/h2-3H2,1H3;1H. The summed E-state index contributed by atoms with van der Waals surface area (Å²) in [5.41, 5.74) is 0. The van der Waals surface area contributed by atoms with Gasteiger partial charge in [0.2, 0.25) is 0 Å². The van der Waals surface area contributed by atoms with Gasteiger partial charge in [0.25, 0.3) is 0 Å². The summed E-state index contributed by atoms with van der Waals surface area (Å²) in [4.78, 5) is 9.15. The highest BCUT2D eigenvalue weighted by molar-refractivity contribution is 5.85. The molecular weight excluding hydrogens is 101 g/mol. The molecule has 0 aliphatic heterocycles. The largest absolute Gasteiger partial charge is 0.151 e. The van der Waals surface area contributed by atoms with Crippen molar-refractivity contribution >= 4 is 12.4 Å². The molecule has 38 valence electrons. The molecule has 0 heterocycles. The van der Waals surface area contributed by atoms with Gasteiger partial charge in [0.1, 0.15) is 0 Å². The lowest BCUT2D eigenvalue weighted by atomic mass is 10.5. The van der Waals surface area contributed by atoms with E-state index < -0.39 is 0 Å². The van der Waals surface area contributed by atoms with Gasteiger partial charge in [-0.05, 0) is 6.42 Å². The highest BCUT2D eigenvalue weighted by atomic mass is 35.5. The zero-order valence-corrected chi connectivity index (χ0v) is 4.49. The lowest BCUT2D eigenvalue weighted by Crippen LogP contribution is -1.65. The molecule has 0 aromatic rings. The Balaban J connectivity index is 0. The first kappa shape index (κ1) is 9.31. The van der Waals surface area contributed by atoms with Crippen LogP contribution in [0.5, 0.6) is 0 Å². The zero-order chi connectivity index (χ0) is 4.12. The molecule has 0 aliphatic rings. The van der Waals surface area contributed by atoms with E-state index >= 15 is 0 Å². The molecule has 0 aromatic carbocycles. The van der Waals surface area contributed by atoms with Crippen LogP contribution >= 0.6 is 12.4 Å². The molecule has 0 rings (SSSR count). The molecule has 0 spiro atoms. The molecule has 2 nitrogen and oxygen atoms in total. The average molecular weight is 110 g/mol. The van der Waals surface area contributed by atoms with Crippen LogP contribution in [0.2, 0.25) is 0 Å². The summed E-state index contributed by atoms with van der Waals surface area (Å²) in [6.07, 6.45) is 0.865. The topological polar surface area (TPSA) is 29.4 Å². The lowest BCUT2D eigenvalue weighted by Gasteiger charge is -1.68. The number of nitrogens with zero attached hydrogens (tertiary/aromatic N) is 1. The maximum absolute atomic E-state index is 9.15. The Morgan fingerprint density at radius 3 is 2.17 bits per heavy atom. The Hall–Kier alpha value is -0.110. The highest BCUT2D eigenvalue weighted by Crippen LogP contribution is 1.71. The van der Waals surface area contributed by atoms with Crippen LogP contribution in [0.3, 0.4) is 0 Å². The summed E-state index contributed by atoms with van der Waals surface area (Å²) in [5.74, 6) is 0. The van der Waals surface area contributed by atoms with E-state index in [0.717, 1.165) is 6.42 Å². The molecule has 0 N–H and O–H groups in total. The van der Waals surface area contributed by atoms with Crippen molar-refractivity contribution in [3.63, 3.8) is 0 Å². The average Bonchev–Trinajstić information content (AvgIpc) is 1.41. The first-order valence-corrected chi connectivity index (χ1v) is 1.71. The summed E-state index contributed by atoms with van der Waals surface area (Å²) >= 11 is 0. The Morgan fingerprint density at radius 2 is 2.17 bits per heavy atom. The summed E-state index contributed by atoms with van der Waals surface area (Å²) in [7, 11) is 0. The van der Waals surface area contributed by atoms with Gasteiger partial charge < -0.3 is 0 Å². The third-order valence-electron chi connectivity index (χ3n) is 0.315. The van der Waals surface area contributed by atoms with Crippen molar-refractivity contribution in [3.05, 3.63) is 4.91 Å². The minimum atomic E-state index is 0. The van der Waals surface area contributed by atoms with E-state index in [1.54, 1.807) is 0 Å². The molecule has 6 heavy (non-hydrogen) atoms. The second-order valence-electron chi connectivity index (χ2n) is 0.853. The highest BCUT2D eigenvalue weighted by Gasteiger charge is 1.66. The van der Waals surface area contributed by atoms with Gasteiger partial charge in [-0.2, -0.15) is 4.91 Å². The SMILES string of the molecule is CCCN=O.Cl. The van der Waals surface area contributed by atoms with Crippen LogP contribution < -0.4 is 0 Å². The first-order valence-electron chi connectivity index (χ1n) is 1.71. The predicted octanol–water partition coefficient (Wildman–Crippen LogP) is 1.58. The van der Waals surface area contributed by atoms with Gasteiger partial charge in [0.15, 0.2) is 0 Å². The Labute approximate surface area is 43.3 Å². The summed E-state index contributed by atoms with van der Waals surface area (Å²) in [6, 6.07) is 0. The van der Waals surface area contributed by atoms with Crippen LogP contribution in [-0.2, 0) is 0 Å². The molecule has 0 saturated heterocycles. The van der Waals surface area contributed by atoms with Gasteiger partial charge >= 0.3 is 0 Å². The number of halogens is 1. The molecular formula is C3H8ClNO. The molecule has 0 aliphatic carbocycles. The monoisotopic (exact) mass is 109 g/mol. The summed E-state index contributed by atoms with van der Waals surface area (Å²) < 4.78 is 0. The van der Waals surface area contributed by atoms with Gasteiger partial charge in [-0.25, -0.2) is 0 Å². The quantitative estimate of drug-likeness (QED) is 0.495. The van der Waals surface area contributed by atoms with Crippen LogP contribution in [0, 0.1) is 4.91 Å². The van der Waals surface area contributed by atoms with Crippen LogP contribution in [-0.4, -0.2) is 6.54 Å². The Morgan fingerprint density at radius 1 is 1.67 bits per heavy atom. The minimum Gasteiger partial charge on any atom is -0.151 e. The van der Waals surface area contributed by atoms with Crippen molar-refractivity contribution in [2.24, 2.45) is 5.18 Å². The van der Waals surface area contributed by atoms with Crippen molar-refractivity contribution in [1.82, 2.24) is 0 Å². The lowest BCUT2D eigenvalue weighted by molar-refractivity contribution is 0.925. The van der Waals surface area contributed by atoms with Crippen molar-refractivity contribution < 1.29 is 0 Å². The Kier molecular flexibility index (Phi) is 13.7. The van der Waals surface area contributed by atoms with E-state index in [-0.39, 0.29) is 12.4 Å². The maximum Gasteiger partial charge on any atom is 0.0808 e. The molecule has 0 unspecified atom stereocenters. The first-order chi connectivity index (χ1) is 2.41. The third-order valence-corrected chi connectivity index (χ3v) is 0.315. The number of hydrogen-bond donors (Lipinski definition) is 0. The molecule has 0 fully saturated rings.